The van der Waals surface area contributed by atoms with E-state index in [2.05, 4.69) is 24.7 Å². The van der Waals surface area contributed by atoms with Crippen LogP contribution in [0.15, 0.2) is 12.3 Å². The molecule has 0 saturated heterocycles. The van der Waals surface area contributed by atoms with Crippen LogP contribution in [0.5, 0.6) is 0 Å². The van der Waals surface area contributed by atoms with Crippen LogP contribution in [-0.4, -0.2) is 15.5 Å². The van der Waals surface area contributed by atoms with Gasteiger partial charge in [-0.05, 0) is 25.2 Å². The second-order valence-electron chi connectivity index (χ2n) is 2.11. The van der Waals surface area contributed by atoms with E-state index in [4.69, 9.17) is 0 Å². The van der Waals surface area contributed by atoms with Gasteiger partial charge in [0.2, 0.25) is 0 Å². The van der Waals surface area contributed by atoms with Gasteiger partial charge in [-0.25, -0.2) is 0 Å². The highest BCUT2D eigenvalue weighted by Crippen LogP contribution is 2.00. The van der Waals surface area contributed by atoms with Crippen LogP contribution < -0.4 is 0 Å². The van der Waals surface area contributed by atoms with Gasteiger partial charge < -0.3 is 0 Å². The van der Waals surface area contributed by atoms with Gasteiger partial charge in [-0.1, -0.05) is 0 Å². The van der Waals surface area contributed by atoms with Gasteiger partial charge in [-0.3, -0.25) is 4.68 Å². The minimum Gasteiger partial charge on any atom is -0.270 e. The number of aromatic nitrogens is 2. The Balaban J connectivity index is 2.70. The molecule has 0 saturated carbocycles. The monoisotopic (exact) mass is 156 g/mol. The minimum absolute atomic E-state index is 0.895. The van der Waals surface area contributed by atoms with Crippen molar-refractivity contribution >= 4 is 12.6 Å². The van der Waals surface area contributed by atoms with E-state index >= 15 is 0 Å². The van der Waals surface area contributed by atoms with Crippen molar-refractivity contribution in [2.24, 2.45) is 0 Å². The van der Waals surface area contributed by atoms with E-state index in [9.17, 15) is 0 Å². The summed E-state index contributed by atoms with van der Waals surface area (Å²) in [7, 11) is 0. The first kappa shape index (κ1) is 7.66. The van der Waals surface area contributed by atoms with Gasteiger partial charge in [0, 0.05) is 18.4 Å². The lowest BCUT2D eigenvalue weighted by Crippen LogP contribution is -2.02. The molecule has 0 atom stereocenters. The fraction of sp³-hybridized carbons (Fsp3) is 0.571. The van der Waals surface area contributed by atoms with Gasteiger partial charge in [-0.15, -0.1) is 0 Å². The molecular formula is C7H12N2S. The quantitative estimate of drug-likeness (QED) is 0.654. The number of thiol groups is 1. The Hall–Kier alpha value is -0.440. The van der Waals surface area contributed by atoms with Crippen LogP contribution >= 0.6 is 12.6 Å². The van der Waals surface area contributed by atoms with E-state index in [1.807, 2.05) is 16.9 Å². The van der Waals surface area contributed by atoms with Crippen molar-refractivity contribution in [2.45, 2.75) is 19.9 Å². The van der Waals surface area contributed by atoms with Crippen molar-refractivity contribution < 1.29 is 0 Å². The maximum atomic E-state index is 4.15. The molecule has 56 valence electrons. The van der Waals surface area contributed by atoms with Crippen LogP contribution in [0.1, 0.15) is 12.6 Å². The Morgan fingerprint density at radius 1 is 1.70 bits per heavy atom. The van der Waals surface area contributed by atoms with E-state index in [1.54, 1.807) is 0 Å². The second-order valence-corrected chi connectivity index (χ2v) is 2.56. The van der Waals surface area contributed by atoms with Gasteiger partial charge in [0.25, 0.3) is 0 Å². The summed E-state index contributed by atoms with van der Waals surface area (Å²) >= 11 is 4.15. The molecule has 1 aromatic rings. The summed E-state index contributed by atoms with van der Waals surface area (Å²) < 4.78 is 2.00. The van der Waals surface area contributed by atoms with Gasteiger partial charge in [0.05, 0.1) is 0 Å². The highest BCUT2D eigenvalue weighted by atomic mass is 32.1. The Morgan fingerprint density at radius 2 is 2.50 bits per heavy atom. The molecule has 0 amide bonds. The van der Waals surface area contributed by atoms with Gasteiger partial charge in [-0.2, -0.15) is 17.7 Å². The average molecular weight is 156 g/mol. The average Bonchev–Trinajstić information content (AvgIpc) is 2.36. The summed E-state index contributed by atoms with van der Waals surface area (Å²) in [5.41, 5.74) is 1.28. The largest absolute Gasteiger partial charge is 0.270 e. The Labute approximate surface area is 66.7 Å². The molecule has 0 aliphatic carbocycles. The smallest absolute Gasteiger partial charge is 0.0492 e. The zero-order valence-electron chi connectivity index (χ0n) is 6.12. The number of aryl methyl sites for hydroxylation is 2. The lowest BCUT2D eigenvalue weighted by Gasteiger charge is -2.00. The zero-order valence-corrected chi connectivity index (χ0v) is 7.01. The van der Waals surface area contributed by atoms with E-state index in [0.29, 0.717) is 0 Å². The molecule has 3 heteroatoms. The van der Waals surface area contributed by atoms with Crippen molar-refractivity contribution in [3.05, 3.63) is 18.0 Å². The van der Waals surface area contributed by atoms with E-state index in [1.165, 1.54) is 5.69 Å². The molecule has 10 heavy (non-hydrogen) atoms. The van der Waals surface area contributed by atoms with Crippen molar-refractivity contribution in [3.63, 3.8) is 0 Å². The van der Waals surface area contributed by atoms with E-state index in [-0.39, 0.29) is 0 Å². The molecule has 2 nitrogen and oxygen atoms in total. The first-order chi connectivity index (χ1) is 4.88. The van der Waals surface area contributed by atoms with Crippen LogP contribution in [0.4, 0.5) is 0 Å². The topological polar surface area (TPSA) is 17.8 Å². The fourth-order valence-corrected chi connectivity index (χ4v) is 1.20. The number of hydrogen-bond donors (Lipinski definition) is 1. The summed E-state index contributed by atoms with van der Waals surface area (Å²) in [5.74, 6) is 0.895. The molecule has 0 N–H and O–H groups in total. The molecule has 0 radical (unpaired) electrons. The van der Waals surface area contributed by atoms with Crippen molar-refractivity contribution in [1.29, 1.82) is 0 Å². The molecule has 0 fully saturated rings. The maximum Gasteiger partial charge on any atom is 0.0492 e. The van der Waals surface area contributed by atoms with Crippen molar-refractivity contribution in [3.8, 4) is 0 Å². The second kappa shape index (κ2) is 3.66. The highest BCUT2D eigenvalue weighted by molar-refractivity contribution is 7.80. The Kier molecular flexibility index (Phi) is 2.81. The molecule has 0 aliphatic heterocycles. The van der Waals surface area contributed by atoms with E-state index < -0.39 is 0 Å². The summed E-state index contributed by atoms with van der Waals surface area (Å²) in [6.45, 7) is 3.05. The summed E-state index contributed by atoms with van der Waals surface area (Å²) in [4.78, 5) is 0. The predicted molar refractivity (Wildman–Crippen MR) is 45.5 cm³/mol. The molecule has 0 unspecified atom stereocenters. The summed E-state index contributed by atoms with van der Waals surface area (Å²) in [6, 6.07) is 2.04. The first-order valence-corrected chi connectivity index (χ1v) is 4.13. The molecule has 1 aromatic heterocycles. The third-order valence-electron chi connectivity index (χ3n) is 1.47. The van der Waals surface area contributed by atoms with Gasteiger partial charge in [0.1, 0.15) is 0 Å². The van der Waals surface area contributed by atoms with Crippen molar-refractivity contribution in [1.82, 2.24) is 9.78 Å². The summed E-state index contributed by atoms with van der Waals surface area (Å²) in [6.07, 6.45) is 2.85. The normalized spacial score (nSPS) is 10.2. The molecular weight excluding hydrogens is 144 g/mol. The molecule has 1 rings (SSSR count). The summed E-state index contributed by atoms with van der Waals surface area (Å²) in [5, 5.41) is 4.14. The van der Waals surface area contributed by atoms with Crippen LogP contribution in [-0.2, 0) is 13.0 Å². The Morgan fingerprint density at radius 3 is 3.10 bits per heavy atom. The highest BCUT2D eigenvalue weighted by Gasteiger charge is 1.96. The molecule has 0 aromatic carbocycles. The lowest BCUT2D eigenvalue weighted by atomic mass is 10.3. The van der Waals surface area contributed by atoms with Crippen LogP contribution in [0.2, 0.25) is 0 Å². The third-order valence-corrected chi connectivity index (χ3v) is 1.70. The first-order valence-electron chi connectivity index (χ1n) is 3.50. The number of nitrogens with zero attached hydrogens (tertiary/aromatic N) is 2. The Bertz CT molecular complexity index is 195. The molecule has 0 spiro atoms. The van der Waals surface area contributed by atoms with Crippen LogP contribution in [0.3, 0.4) is 0 Å². The minimum atomic E-state index is 0.895. The number of rotatable bonds is 3. The maximum absolute atomic E-state index is 4.15. The molecule has 0 bridgehead atoms. The third kappa shape index (κ3) is 1.53. The molecule has 1 heterocycles. The van der Waals surface area contributed by atoms with Crippen LogP contribution in [0, 0.1) is 0 Å². The fourth-order valence-electron chi connectivity index (χ4n) is 0.972. The molecule has 0 aliphatic rings. The van der Waals surface area contributed by atoms with E-state index in [0.717, 1.165) is 18.7 Å². The van der Waals surface area contributed by atoms with Crippen molar-refractivity contribution in [2.75, 3.05) is 5.75 Å². The lowest BCUT2D eigenvalue weighted by molar-refractivity contribution is 0.627. The van der Waals surface area contributed by atoms with Gasteiger partial charge in [0.15, 0.2) is 0 Å². The predicted octanol–water partition coefficient (Wildman–Crippen LogP) is 1.38. The SMILES string of the molecule is CCn1nccc1CCS. The standard InChI is InChI=1S/C7H12N2S/c1-2-9-7(4-6-10)3-5-8-9/h3,5,10H,2,4,6H2,1H3. The number of hydrogen-bond acceptors (Lipinski definition) is 2. The van der Waals surface area contributed by atoms with Crippen LogP contribution in [0.25, 0.3) is 0 Å². The van der Waals surface area contributed by atoms with Gasteiger partial charge >= 0.3 is 0 Å². The zero-order chi connectivity index (χ0) is 7.40.